The smallest absolute Gasteiger partial charge is 0.272 e. The van der Waals surface area contributed by atoms with Crippen LogP contribution in [0.15, 0.2) is 18.2 Å². The quantitative estimate of drug-likeness (QED) is 0.555. The predicted molar refractivity (Wildman–Crippen MR) is 35.5 cm³/mol. The van der Waals surface area contributed by atoms with Gasteiger partial charge in [-0.1, -0.05) is 18.2 Å². The first-order chi connectivity index (χ1) is 4.61. The zero-order valence-corrected chi connectivity index (χ0v) is 5.80. The highest BCUT2D eigenvalue weighted by Gasteiger charge is 2.19. The summed E-state index contributed by atoms with van der Waals surface area (Å²) in [5.41, 5.74) is 0. The summed E-state index contributed by atoms with van der Waals surface area (Å²) in [6, 6.07) is 0. The molecule has 0 saturated heterocycles. The van der Waals surface area contributed by atoms with Crippen molar-refractivity contribution in [3.8, 4) is 0 Å². The molecule has 53 valence electrons. The second-order valence-electron chi connectivity index (χ2n) is 1.77. The van der Waals surface area contributed by atoms with E-state index in [0.29, 0.717) is 0 Å². The van der Waals surface area contributed by atoms with E-state index in [4.69, 9.17) is 4.55 Å². The van der Waals surface area contributed by atoms with E-state index < -0.39 is 15.4 Å². The van der Waals surface area contributed by atoms with E-state index in [-0.39, 0.29) is 0 Å². The molecular formula is C6H5O3S. The lowest BCUT2D eigenvalue weighted by molar-refractivity contribution is 0.479. The molecule has 1 atom stereocenters. The zero-order chi connectivity index (χ0) is 7.61. The third kappa shape index (κ3) is 1.68. The molecule has 1 aliphatic carbocycles. The Morgan fingerprint density at radius 1 is 1.40 bits per heavy atom. The fourth-order valence-corrected chi connectivity index (χ4v) is 1.06. The lowest BCUT2D eigenvalue weighted by Gasteiger charge is -2.06. The van der Waals surface area contributed by atoms with Crippen LogP contribution in [0.1, 0.15) is 0 Å². The Morgan fingerprint density at radius 2 is 2.10 bits per heavy atom. The molecule has 0 aromatic rings. The number of hydrogen-bond acceptors (Lipinski definition) is 2. The van der Waals surface area contributed by atoms with Crippen molar-refractivity contribution in [2.75, 3.05) is 0 Å². The van der Waals surface area contributed by atoms with E-state index >= 15 is 0 Å². The minimum Gasteiger partial charge on any atom is -0.285 e. The first-order valence-electron chi connectivity index (χ1n) is 2.57. The third-order valence-corrected chi connectivity index (χ3v) is 1.92. The SMILES string of the molecule is O=S(=O)(O)C1[C]C=C[C]=C1. The fraction of sp³-hybridized carbons (Fsp3) is 0.167. The minimum atomic E-state index is -4.01. The molecule has 0 aliphatic heterocycles. The molecule has 0 heterocycles. The first-order valence-corrected chi connectivity index (χ1v) is 4.08. The zero-order valence-electron chi connectivity index (χ0n) is 4.98. The second-order valence-corrected chi connectivity index (χ2v) is 3.31. The average molecular weight is 157 g/mol. The molecule has 4 heteroatoms. The Bertz CT molecular complexity index is 261. The molecule has 0 saturated carbocycles. The summed E-state index contributed by atoms with van der Waals surface area (Å²) in [5, 5.41) is -1.04. The van der Waals surface area contributed by atoms with E-state index in [0.717, 1.165) is 0 Å². The van der Waals surface area contributed by atoms with Gasteiger partial charge in [-0.05, 0) is 6.08 Å². The van der Waals surface area contributed by atoms with Gasteiger partial charge in [0, 0.05) is 6.42 Å². The van der Waals surface area contributed by atoms with Crippen molar-refractivity contribution in [2.24, 2.45) is 0 Å². The highest BCUT2D eigenvalue weighted by molar-refractivity contribution is 7.86. The Kier molecular flexibility index (Phi) is 1.92. The van der Waals surface area contributed by atoms with Crippen molar-refractivity contribution in [3.05, 3.63) is 30.7 Å². The van der Waals surface area contributed by atoms with Gasteiger partial charge in [0.15, 0.2) is 0 Å². The van der Waals surface area contributed by atoms with Crippen molar-refractivity contribution < 1.29 is 13.0 Å². The Labute approximate surface area is 59.8 Å². The highest BCUT2D eigenvalue weighted by Crippen LogP contribution is 2.09. The summed E-state index contributed by atoms with van der Waals surface area (Å²) >= 11 is 0. The van der Waals surface area contributed by atoms with E-state index in [1.54, 1.807) is 0 Å². The molecular weight excluding hydrogens is 152 g/mol. The van der Waals surface area contributed by atoms with Crippen molar-refractivity contribution in [2.45, 2.75) is 5.25 Å². The van der Waals surface area contributed by atoms with Crippen molar-refractivity contribution in [3.63, 3.8) is 0 Å². The lowest BCUT2D eigenvalue weighted by Crippen LogP contribution is -2.18. The molecule has 1 rings (SSSR count). The number of allylic oxidation sites excluding steroid dienone is 3. The molecule has 1 aliphatic rings. The van der Waals surface area contributed by atoms with Crippen LogP contribution >= 0.6 is 0 Å². The van der Waals surface area contributed by atoms with Gasteiger partial charge in [-0.15, -0.1) is 0 Å². The molecule has 1 N–H and O–H groups in total. The van der Waals surface area contributed by atoms with Crippen LogP contribution in [-0.2, 0) is 10.1 Å². The van der Waals surface area contributed by atoms with Crippen LogP contribution < -0.4 is 0 Å². The van der Waals surface area contributed by atoms with Crippen molar-refractivity contribution in [1.82, 2.24) is 0 Å². The average Bonchev–Trinajstić information content (AvgIpc) is 1.88. The molecule has 1 unspecified atom stereocenters. The van der Waals surface area contributed by atoms with Gasteiger partial charge in [0.05, 0.1) is 0 Å². The molecule has 0 aromatic carbocycles. The summed E-state index contributed by atoms with van der Waals surface area (Å²) in [6.07, 6.45) is 9.10. The van der Waals surface area contributed by atoms with Gasteiger partial charge in [-0.3, -0.25) is 4.55 Å². The van der Waals surface area contributed by atoms with Crippen LogP contribution in [0.4, 0.5) is 0 Å². The summed E-state index contributed by atoms with van der Waals surface area (Å²) < 4.78 is 29.2. The van der Waals surface area contributed by atoms with Gasteiger partial charge in [0.1, 0.15) is 5.25 Å². The van der Waals surface area contributed by atoms with Gasteiger partial charge >= 0.3 is 0 Å². The third-order valence-electron chi connectivity index (χ3n) is 1.01. The normalized spacial score (nSPS) is 25.1. The van der Waals surface area contributed by atoms with Gasteiger partial charge in [-0.2, -0.15) is 8.42 Å². The van der Waals surface area contributed by atoms with Gasteiger partial charge in [0.25, 0.3) is 10.1 Å². The van der Waals surface area contributed by atoms with Crippen molar-refractivity contribution in [1.29, 1.82) is 0 Å². The largest absolute Gasteiger partial charge is 0.285 e. The molecule has 0 fully saturated rings. The van der Waals surface area contributed by atoms with Crippen LogP contribution in [0.2, 0.25) is 0 Å². The second kappa shape index (κ2) is 2.56. The molecule has 0 aromatic heterocycles. The lowest BCUT2D eigenvalue weighted by atomic mass is 10.2. The molecule has 10 heavy (non-hydrogen) atoms. The summed E-state index contributed by atoms with van der Waals surface area (Å²) in [4.78, 5) is 0. The summed E-state index contributed by atoms with van der Waals surface area (Å²) in [7, 11) is -4.01. The maximum absolute atomic E-state index is 10.4. The monoisotopic (exact) mass is 157 g/mol. The maximum Gasteiger partial charge on any atom is 0.272 e. The van der Waals surface area contributed by atoms with Crippen molar-refractivity contribution >= 4 is 10.1 Å². The predicted octanol–water partition coefficient (Wildman–Crippen LogP) is 0.253. The number of rotatable bonds is 1. The molecule has 3 radical (unpaired) electrons. The Balaban J connectivity index is 2.79. The van der Waals surface area contributed by atoms with E-state index in [1.807, 2.05) is 0 Å². The molecule has 0 spiro atoms. The Morgan fingerprint density at radius 3 is 2.40 bits per heavy atom. The van der Waals surface area contributed by atoms with Gasteiger partial charge in [0.2, 0.25) is 0 Å². The number of hydrogen-bond donors (Lipinski definition) is 1. The van der Waals surface area contributed by atoms with Crippen LogP contribution in [-0.4, -0.2) is 18.2 Å². The van der Waals surface area contributed by atoms with E-state index in [2.05, 4.69) is 12.5 Å². The standard InChI is InChI=1S/C6H5O3S/c7-10(8,9)6-4-2-1-3-5-6/h1-2,5-6H,(H,7,8,9). The highest BCUT2D eigenvalue weighted by atomic mass is 32.2. The van der Waals surface area contributed by atoms with E-state index in [1.165, 1.54) is 18.2 Å². The Hall–Kier alpha value is -0.610. The summed E-state index contributed by atoms with van der Waals surface area (Å²) in [5.74, 6) is 0. The van der Waals surface area contributed by atoms with Gasteiger partial charge < -0.3 is 0 Å². The van der Waals surface area contributed by atoms with Gasteiger partial charge in [-0.25, -0.2) is 0 Å². The first kappa shape index (κ1) is 7.50. The molecule has 0 bridgehead atoms. The van der Waals surface area contributed by atoms with Crippen LogP contribution in [0.3, 0.4) is 0 Å². The maximum atomic E-state index is 10.4. The van der Waals surface area contributed by atoms with Crippen LogP contribution in [0.5, 0.6) is 0 Å². The van der Waals surface area contributed by atoms with E-state index in [9.17, 15) is 8.42 Å². The fourth-order valence-electron chi connectivity index (χ4n) is 0.554. The topological polar surface area (TPSA) is 54.4 Å². The van der Waals surface area contributed by atoms with Crippen LogP contribution in [0.25, 0.3) is 0 Å². The molecule has 0 amide bonds. The minimum absolute atomic E-state index is 1.04. The van der Waals surface area contributed by atoms with Crippen LogP contribution in [0, 0.1) is 12.5 Å². The molecule has 3 nitrogen and oxygen atoms in total. The summed E-state index contributed by atoms with van der Waals surface area (Å²) in [6.45, 7) is 0.